The Hall–Kier alpha value is -2.19. The van der Waals surface area contributed by atoms with Crippen LogP contribution in [-0.2, 0) is 33.2 Å². The lowest BCUT2D eigenvalue weighted by atomic mass is 9.75. The summed E-state index contributed by atoms with van der Waals surface area (Å²) in [5.41, 5.74) is -6.02. The zero-order valence-electron chi connectivity index (χ0n) is 42.2. The van der Waals surface area contributed by atoms with Crippen LogP contribution in [0.1, 0.15) is 115 Å². The monoisotopic (exact) mass is 926 g/mol. The van der Waals surface area contributed by atoms with Crippen LogP contribution in [0.4, 0.5) is 0 Å². The van der Waals surface area contributed by atoms with Gasteiger partial charge in [-0.05, 0) is 126 Å². The van der Waals surface area contributed by atoms with Crippen LogP contribution in [0, 0.1) is 17.8 Å². The van der Waals surface area contributed by atoms with Crippen LogP contribution in [0.25, 0.3) is 0 Å². The van der Waals surface area contributed by atoms with Crippen LogP contribution < -0.4 is 20.1 Å². The molecule has 3 aliphatic heterocycles. The molecule has 0 saturated carbocycles. The molecule has 0 aliphatic carbocycles. The number of rotatable bonds is 15. The van der Waals surface area contributed by atoms with Crippen molar-refractivity contribution in [1.82, 2.24) is 15.5 Å². The van der Waals surface area contributed by atoms with E-state index in [0.29, 0.717) is 37.6 Å². The number of methoxy groups -OCH3 is 1. The second kappa shape index (κ2) is 23.4. The van der Waals surface area contributed by atoms with E-state index in [4.69, 9.17) is 37.9 Å². The fourth-order valence-corrected chi connectivity index (χ4v) is 10.3. The summed E-state index contributed by atoms with van der Waals surface area (Å²) in [5.74, 6) is -1.60. The first-order valence-corrected chi connectivity index (χ1v) is 24.1. The van der Waals surface area contributed by atoms with Crippen molar-refractivity contribution < 1.29 is 63.1 Å². The number of hydrogen-bond acceptors (Lipinski definition) is 16. The van der Waals surface area contributed by atoms with Gasteiger partial charge in [0.1, 0.15) is 29.0 Å². The van der Waals surface area contributed by atoms with Gasteiger partial charge in [-0.2, -0.15) is 0 Å². The van der Waals surface area contributed by atoms with Crippen LogP contribution >= 0.6 is 0 Å². The van der Waals surface area contributed by atoms with E-state index < -0.39 is 95.5 Å². The maximum absolute atomic E-state index is 14.6. The largest absolute Gasteiger partial charge is 0.490 e. The molecule has 1 aromatic carbocycles. The number of hydrogen-bond donors (Lipinski definition) is 6. The Kier molecular flexibility index (Phi) is 20.0. The van der Waals surface area contributed by atoms with Crippen molar-refractivity contribution in [2.75, 3.05) is 47.4 Å². The summed E-state index contributed by atoms with van der Waals surface area (Å²) >= 11 is 0. The molecule has 65 heavy (non-hydrogen) atoms. The number of aliphatic hydroxyl groups is 4. The highest BCUT2D eigenvalue weighted by molar-refractivity contribution is 5.73. The minimum atomic E-state index is -1.83. The predicted octanol–water partition coefficient (Wildman–Crippen LogP) is 4.41. The van der Waals surface area contributed by atoms with E-state index in [1.165, 1.54) is 6.92 Å². The third-order valence-electron chi connectivity index (χ3n) is 14.4. The van der Waals surface area contributed by atoms with Gasteiger partial charge < -0.3 is 73.9 Å². The van der Waals surface area contributed by atoms with Crippen molar-refractivity contribution in [2.45, 2.75) is 205 Å². The summed E-state index contributed by atoms with van der Waals surface area (Å²) in [7, 11) is 5.52. The van der Waals surface area contributed by atoms with Gasteiger partial charge in [0.2, 0.25) is 0 Å². The minimum absolute atomic E-state index is 0.0903. The summed E-state index contributed by atoms with van der Waals surface area (Å²) < 4.78 is 52.5. The highest BCUT2D eigenvalue weighted by Gasteiger charge is 2.58. The molecule has 0 spiro atoms. The van der Waals surface area contributed by atoms with Crippen LogP contribution in [0.5, 0.6) is 11.5 Å². The predicted molar refractivity (Wildman–Crippen MR) is 248 cm³/mol. The van der Waals surface area contributed by atoms with Crippen LogP contribution in [0.2, 0.25) is 0 Å². The summed E-state index contributed by atoms with van der Waals surface area (Å²) in [6, 6.07) is 6.66. The molecule has 3 fully saturated rings. The Bertz CT molecular complexity index is 1620. The highest BCUT2D eigenvalue weighted by atomic mass is 16.7. The molecule has 6 N–H and O–H groups in total. The number of ether oxygens (including phenoxy) is 8. The van der Waals surface area contributed by atoms with E-state index in [1.807, 2.05) is 79.9 Å². The molecular formula is C49H87N3O13. The molecule has 16 heteroatoms. The van der Waals surface area contributed by atoms with Gasteiger partial charge >= 0.3 is 5.97 Å². The zero-order chi connectivity index (χ0) is 48.7. The minimum Gasteiger partial charge on any atom is -0.490 e. The van der Waals surface area contributed by atoms with Crippen LogP contribution in [-0.4, -0.2) is 169 Å². The lowest BCUT2D eigenvalue weighted by Crippen LogP contribution is -2.70. The third kappa shape index (κ3) is 12.9. The highest BCUT2D eigenvalue weighted by Crippen LogP contribution is 2.44. The number of nitrogens with zero attached hydrogens (tertiary/aromatic N) is 1. The molecule has 0 unspecified atom stereocenters. The Balaban J connectivity index is 1.88. The van der Waals surface area contributed by atoms with Crippen molar-refractivity contribution in [2.24, 2.45) is 17.8 Å². The molecule has 4 rings (SSSR count). The topological polar surface area (TPSA) is 199 Å². The smallest absolute Gasteiger partial charge is 0.311 e. The standard InChI is InChI=1S/C49H87N3O13/c1-16-23-50-28-49(57)34(9)61-39(26-47(49,11)58-15)64-40-31(6)43(65-45-41(35(52(13)14)24-30(5)60-45)62-37-22-20-19-21-36(37)59-18-3)46(10,55)25-29(4)27-51-33(8)42(53)48(12,56)38(17-2)63-44(54)32(40)7/h19-22,29-35,38-43,45,50-51,53,55-57H,16-18,23-28H2,1-15H3/t29-,30-,31+,32-,33-,34+,35+,38-,39+,40+,41-,42-,43-,45+,46-,47-,48-,49+/m1/s1. The lowest BCUT2D eigenvalue weighted by molar-refractivity contribution is -0.335. The molecule has 0 radical (unpaired) electrons. The molecule has 18 atom stereocenters. The average Bonchev–Trinajstić information content (AvgIpc) is 3.24. The molecule has 376 valence electrons. The molecule has 1 aromatic rings. The fourth-order valence-electron chi connectivity index (χ4n) is 10.3. The number of aliphatic hydroxyl groups excluding tert-OH is 1. The van der Waals surface area contributed by atoms with Crippen LogP contribution in [0.3, 0.4) is 0 Å². The van der Waals surface area contributed by atoms with Crippen LogP contribution in [0.15, 0.2) is 24.3 Å². The Labute approximate surface area is 389 Å². The van der Waals surface area contributed by atoms with Crippen molar-refractivity contribution >= 4 is 5.97 Å². The number of para-hydroxylation sites is 2. The van der Waals surface area contributed by atoms with Crippen molar-refractivity contribution in [3.8, 4) is 11.5 Å². The molecule has 3 aliphatic rings. The fraction of sp³-hybridized carbons (Fsp3) is 0.857. The molecule has 3 heterocycles. The van der Waals surface area contributed by atoms with Gasteiger partial charge in [0.05, 0.1) is 48.6 Å². The first-order chi connectivity index (χ1) is 30.4. The lowest BCUT2D eigenvalue weighted by Gasteiger charge is -2.53. The number of esters is 1. The first-order valence-electron chi connectivity index (χ1n) is 24.1. The summed E-state index contributed by atoms with van der Waals surface area (Å²) in [6.07, 6.45) is -6.28. The SMILES string of the molecule is CCCNC[C@]1(O)[C@H](C)O[C@@H](O[C@H]2[C@H](C)[C@@H](O[C@@H]3O[C@H](C)C[C@H](N(C)C)[C@H]3Oc3ccccc3OCC)[C@](C)(O)C[C@@H](C)CN[C@H](C)[C@@H](O)[C@](C)(O)[C@@H](CC)OC(=O)[C@@H]2C)C[C@@]1(C)OC. The molecule has 3 saturated heterocycles. The number of benzene rings is 1. The van der Waals surface area contributed by atoms with E-state index in [9.17, 15) is 25.2 Å². The molecule has 0 amide bonds. The van der Waals surface area contributed by atoms with Gasteiger partial charge in [-0.1, -0.05) is 39.8 Å². The van der Waals surface area contributed by atoms with Gasteiger partial charge in [-0.25, -0.2) is 0 Å². The Morgan fingerprint density at radius 2 is 1.58 bits per heavy atom. The summed E-state index contributed by atoms with van der Waals surface area (Å²) in [4.78, 5) is 16.7. The Morgan fingerprint density at radius 1 is 0.923 bits per heavy atom. The van der Waals surface area contributed by atoms with Gasteiger partial charge in [0.15, 0.2) is 30.2 Å². The number of carbonyl (C=O) groups is 1. The van der Waals surface area contributed by atoms with E-state index in [1.54, 1.807) is 41.7 Å². The van der Waals surface area contributed by atoms with E-state index in [0.717, 1.165) is 6.42 Å². The second-order valence-electron chi connectivity index (χ2n) is 20.2. The molecule has 0 aromatic heterocycles. The third-order valence-corrected chi connectivity index (χ3v) is 14.4. The maximum atomic E-state index is 14.6. The first kappa shape index (κ1) is 55.4. The number of likely N-dealkylation sites (N-methyl/N-ethyl adjacent to an activating group) is 1. The van der Waals surface area contributed by atoms with Gasteiger partial charge in [-0.15, -0.1) is 0 Å². The quantitative estimate of drug-likeness (QED) is 0.107. The van der Waals surface area contributed by atoms with E-state index >= 15 is 0 Å². The van der Waals surface area contributed by atoms with Crippen molar-refractivity contribution in [3.63, 3.8) is 0 Å². The number of carbonyl (C=O) groups excluding carboxylic acids is 1. The van der Waals surface area contributed by atoms with Gasteiger partial charge in [-0.3, -0.25) is 4.79 Å². The van der Waals surface area contributed by atoms with Crippen molar-refractivity contribution in [3.05, 3.63) is 24.3 Å². The summed E-state index contributed by atoms with van der Waals surface area (Å²) in [6.45, 7) is 23.5. The van der Waals surface area contributed by atoms with E-state index in [-0.39, 0.29) is 43.9 Å². The summed E-state index contributed by atoms with van der Waals surface area (Å²) in [5, 5.41) is 55.2. The van der Waals surface area contributed by atoms with Gasteiger partial charge in [0, 0.05) is 32.0 Å². The molecule has 0 bridgehead atoms. The second-order valence-corrected chi connectivity index (χ2v) is 20.2. The number of cyclic esters (lactones) is 1. The zero-order valence-corrected chi connectivity index (χ0v) is 42.2. The maximum Gasteiger partial charge on any atom is 0.311 e. The van der Waals surface area contributed by atoms with E-state index in [2.05, 4.69) is 15.5 Å². The Morgan fingerprint density at radius 3 is 2.18 bits per heavy atom. The normalized spacial score (nSPS) is 42.7. The van der Waals surface area contributed by atoms with Gasteiger partial charge in [0.25, 0.3) is 0 Å². The van der Waals surface area contributed by atoms with Crippen molar-refractivity contribution in [1.29, 1.82) is 0 Å². The average molecular weight is 926 g/mol. The number of nitrogens with one attached hydrogen (secondary N) is 2. The molecule has 16 nitrogen and oxygen atoms in total. The molecular weight excluding hydrogens is 839 g/mol.